The number of nitriles is 1. The quantitative estimate of drug-likeness (QED) is 0.197. The number of aromatic nitrogens is 3. The van der Waals surface area contributed by atoms with Crippen LogP contribution in [-0.2, 0) is 33.3 Å². The van der Waals surface area contributed by atoms with E-state index >= 15 is 0 Å². The number of ether oxygens (including phenoxy) is 4. The maximum atomic E-state index is 14.0. The number of thioether (sulfide) groups is 1. The van der Waals surface area contributed by atoms with Crippen molar-refractivity contribution in [2.45, 2.75) is 55.5 Å². The fourth-order valence-electron chi connectivity index (χ4n) is 4.37. The van der Waals surface area contributed by atoms with Crippen LogP contribution in [0, 0.1) is 28.8 Å². The van der Waals surface area contributed by atoms with Gasteiger partial charge in [0.1, 0.15) is 29.9 Å². The van der Waals surface area contributed by atoms with E-state index in [1.807, 2.05) is 6.07 Å². The highest BCUT2D eigenvalue weighted by atomic mass is 35.5. The Bertz CT molecular complexity index is 1580. The zero-order chi connectivity index (χ0) is 31.4. The molecule has 2 aromatic carbocycles. The summed E-state index contributed by atoms with van der Waals surface area (Å²) >= 11 is 7.18. The number of halogens is 4. The van der Waals surface area contributed by atoms with Gasteiger partial charge in [-0.05, 0) is 30.3 Å². The van der Waals surface area contributed by atoms with Gasteiger partial charge in [0.25, 0.3) is 0 Å². The first-order valence-corrected chi connectivity index (χ1v) is 13.7. The second-order valence-corrected chi connectivity index (χ2v) is 10.8. The van der Waals surface area contributed by atoms with Crippen LogP contribution in [0.5, 0.6) is 0 Å². The van der Waals surface area contributed by atoms with Crippen molar-refractivity contribution >= 4 is 41.3 Å². The topological polar surface area (TPSA) is 143 Å². The number of hydrogen-bond donors (Lipinski definition) is 0. The van der Waals surface area contributed by atoms with Crippen molar-refractivity contribution in [2.24, 2.45) is 0 Å². The number of carbonyl (C=O) groups is 3. The Labute approximate surface area is 251 Å². The number of benzene rings is 2. The van der Waals surface area contributed by atoms with Gasteiger partial charge in [0, 0.05) is 36.3 Å². The smallest absolute Gasteiger partial charge is 0.303 e. The summed E-state index contributed by atoms with van der Waals surface area (Å²) < 4.78 is 65.2. The highest BCUT2D eigenvalue weighted by Crippen LogP contribution is 2.42. The van der Waals surface area contributed by atoms with Gasteiger partial charge in [-0.25, -0.2) is 17.9 Å². The first-order valence-electron chi connectivity index (χ1n) is 12.4. The Balaban J connectivity index is 1.84. The molecule has 0 aliphatic carbocycles. The summed E-state index contributed by atoms with van der Waals surface area (Å²) in [6.07, 6.45) is -2.50. The van der Waals surface area contributed by atoms with Crippen LogP contribution in [0.25, 0.3) is 11.3 Å². The molecule has 11 nitrogen and oxygen atoms in total. The number of esters is 3. The number of hydrogen-bond acceptors (Lipinski definition) is 11. The third-order valence-electron chi connectivity index (χ3n) is 6.02. The van der Waals surface area contributed by atoms with Crippen LogP contribution in [-0.4, -0.2) is 63.3 Å². The Kier molecular flexibility index (Phi) is 9.95. The molecule has 3 aromatic rings. The summed E-state index contributed by atoms with van der Waals surface area (Å²) in [5.74, 6) is -6.76. The minimum atomic E-state index is -1.67. The fraction of sp³-hybridized carbons (Fsp3) is 0.333. The van der Waals surface area contributed by atoms with Gasteiger partial charge in [0.2, 0.25) is 0 Å². The normalized spacial score (nSPS) is 21.5. The molecule has 1 aliphatic heterocycles. The van der Waals surface area contributed by atoms with Crippen molar-refractivity contribution in [3.8, 4) is 17.3 Å². The zero-order valence-corrected chi connectivity index (χ0v) is 24.2. The van der Waals surface area contributed by atoms with E-state index in [4.69, 9.17) is 30.5 Å². The van der Waals surface area contributed by atoms with Crippen LogP contribution in [0.4, 0.5) is 13.2 Å². The summed E-state index contributed by atoms with van der Waals surface area (Å²) in [6, 6.07) is 6.73. The molecule has 0 N–H and O–H groups in total. The van der Waals surface area contributed by atoms with Crippen LogP contribution in [0.1, 0.15) is 32.4 Å². The molecule has 1 aromatic heterocycles. The minimum Gasteiger partial charge on any atom is -0.463 e. The molecule has 0 saturated carbocycles. The van der Waals surface area contributed by atoms with Crippen molar-refractivity contribution < 1.29 is 46.5 Å². The Morgan fingerprint density at radius 2 is 1.67 bits per heavy atom. The lowest BCUT2D eigenvalue weighted by atomic mass is 9.96. The first kappa shape index (κ1) is 31.8. The van der Waals surface area contributed by atoms with E-state index in [1.165, 1.54) is 18.3 Å². The molecule has 4 rings (SSSR count). The lowest BCUT2D eigenvalue weighted by Crippen LogP contribution is -2.57. The molecule has 1 aliphatic rings. The molecule has 0 radical (unpaired) electrons. The monoisotopic (exact) mass is 638 g/mol. The van der Waals surface area contributed by atoms with Gasteiger partial charge in [-0.3, -0.25) is 14.4 Å². The highest BCUT2D eigenvalue weighted by Gasteiger charge is 2.52. The molecule has 2 heterocycles. The molecule has 2 unspecified atom stereocenters. The number of carbonyl (C=O) groups excluding carboxylic acids is 3. The predicted octanol–water partition coefficient (Wildman–Crippen LogP) is 4.37. The highest BCUT2D eigenvalue weighted by molar-refractivity contribution is 7.99. The Morgan fingerprint density at radius 1 is 1.02 bits per heavy atom. The average Bonchev–Trinajstić information content (AvgIpc) is 3.41. The average molecular weight is 639 g/mol. The molecule has 16 heteroatoms. The molecule has 226 valence electrons. The van der Waals surface area contributed by atoms with E-state index in [0.29, 0.717) is 4.90 Å². The van der Waals surface area contributed by atoms with Gasteiger partial charge in [-0.1, -0.05) is 28.6 Å². The van der Waals surface area contributed by atoms with Gasteiger partial charge < -0.3 is 18.9 Å². The molecule has 1 saturated heterocycles. The van der Waals surface area contributed by atoms with E-state index in [-0.39, 0.29) is 21.8 Å². The van der Waals surface area contributed by atoms with Crippen LogP contribution in [0.3, 0.4) is 0 Å². The second-order valence-electron chi connectivity index (χ2n) is 9.23. The maximum absolute atomic E-state index is 14.0. The lowest BCUT2D eigenvalue weighted by Gasteiger charge is -2.44. The van der Waals surface area contributed by atoms with E-state index in [1.54, 1.807) is 6.07 Å². The van der Waals surface area contributed by atoms with Crippen LogP contribution >= 0.6 is 23.4 Å². The molecule has 5 atom stereocenters. The molecular weight excluding hydrogens is 617 g/mol. The molecule has 0 bridgehead atoms. The van der Waals surface area contributed by atoms with Crippen molar-refractivity contribution in [3.63, 3.8) is 0 Å². The first-order chi connectivity index (χ1) is 20.4. The molecule has 0 amide bonds. The van der Waals surface area contributed by atoms with E-state index in [2.05, 4.69) is 10.3 Å². The van der Waals surface area contributed by atoms with E-state index in [0.717, 1.165) is 49.3 Å². The third-order valence-corrected chi connectivity index (χ3v) is 7.36. The van der Waals surface area contributed by atoms with Crippen LogP contribution < -0.4 is 0 Å². The van der Waals surface area contributed by atoms with Crippen molar-refractivity contribution in [3.05, 3.63) is 64.6 Å². The summed E-state index contributed by atoms with van der Waals surface area (Å²) in [4.78, 5) is 36.6. The summed E-state index contributed by atoms with van der Waals surface area (Å²) in [5, 5.41) is 17.6. The number of nitrogens with zero attached hydrogens (tertiary/aromatic N) is 4. The van der Waals surface area contributed by atoms with Crippen LogP contribution in [0.2, 0.25) is 5.02 Å². The Hall–Kier alpha value is -4.13. The lowest BCUT2D eigenvalue weighted by molar-refractivity contribution is -0.212. The van der Waals surface area contributed by atoms with Gasteiger partial charge >= 0.3 is 17.9 Å². The molecular formula is C27H22ClF3N4O7S. The maximum Gasteiger partial charge on any atom is 0.303 e. The molecule has 1 fully saturated rings. The van der Waals surface area contributed by atoms with Gasteiger partial charge in [0.05, 0.1) is 17.8 Å². The van der Waals surface area contributed by atoms with Crippen LogP contribution in [0.15, 0.2) is 41.4 Å². The number of rotatable bonds is 8. The van der Waals surface area contributed by atoms with Gasteiger partial charge in [0.15, 0.2) is 29.7 Å². The second kappa shape index (κ2) is 13.4. The predicted molar refractivity (Wildman–Crippen MR) is 143 cm³/mol. The van der Waals surface area contributed by atoms with Crippen molar-refractivity contribution in [2.75, 3.05) is 6.61 Å². The van der Waals surface area contributed by atoms with Crippen molar-refractivity contribution in [1.82, 2.24) is 15.0 Å². The van der Waals surface area contributed by atoms with E-state index in [9.17, 15) is 32.8 Å². The Morgan fingerprint density at radius 3 is 2.28 bits per heavy atom. The molecule has 0 spiro atoms. The van der Waals surface area contributed by atoms with Gasteiger partial charge in [-0.2, -0.15) is 5.26 Å². The van der Waals surface area contributed by atoms with Gasteiger partial charge in [-0.15, -0.1) is 5.10 Å². The molecule has 43 heavy (non-hydrogen) atoms. The zero-order valence-electron chi connectivity index (χ0n) is 22.6. The fourth-order valence-corrected chi connectivity index (χ4v) is 5.87. The third kappa shape index (κ3) is 7.64. The minimum absolute atomic E-state index is 0.0957. The largest absolute Gasteiger partial charge is 0.463 e. The van der Waals surface area contributed by atoms with E-state index < -0.39 is 71.8 Å². The SMILES string of the molecule is CC(=O)OCC1O[C@H](Sc2cc(Cl)cc(C#N)c2)[C@H](OC(C)=O)C(n2cc(-c3cc(F)c(F)c(F)c3)nn2)[C@H]1OC(C)=O. The van der Waals surface area contributed by atoms with Crippen molar-refractivity contribution in [1.29, 1.82) is 5.26 Å². The summed E-state index contributed by atoms with van der Waals surface area (Å²) in [5.41, 5.74) is -1.12. The standard InChI is InChI=1S/C27H22ClF3N4O7S/c1-12(36)39-11-22-25(40-13(2)37)24(35-10-21(33-34-35)16-6-19(29)23(31)20(30)7-16)26(41-14(3)38)27(42-22)43-18-5-15(9-32)4-17(28)8-18/h4-8,10,22,24-27H,11H2,1-3H3/t22?,24?,25-,26+,27+/m0/s1. The summed E-state index contributed by atoms with van der Waals surface area (Å²) in [6.45, 7) is 3.01. The summed E-state index contributed by atoms with van der Waals surface area (Å²) in [7, 11) is 0.